The van der Waals surface area contributed by atoms with Crippen LogP contribution in [-0.2, 0) is 0 Å². The van der Waals surface area contributed by atoms with Gasteiger partial charge < -0.3 is 5.32 Å². The fourth-order valence-electron chi connectivity index (χ4n) is 3.10. The Bertz CT molecular complexity index is 223. The van der Waals surface area contributed by atoms with Gasteiger partial charge in [-0.05, 0) is 57.0 Å². The first kappa shape index (κ1) is 18.9. The Balaban J connectivity index is 0.00000144. The number of hydrogen-bond donors (Lipinski definition) is 1. The monoisotopic (exact) mass is 314 g/mol. The smallest absolute Gasteiger partial charge is 0.0158 e. The van der Waals surface area contributed by atoms with Gasteiger partial charge in [0.1, 0.15) is 0 Å². The van der Waals surface area contributed by atoms with Crippen molar-refractivity contribution in [3.8, 4) is 0 Å². The Hall–Kier alpha value is 0.850. The Kier molecular flexibility index (Phi) is 9.33. The van der Waals surface area contributed by atoms with E-state index in [1.807, 2.05) is 0 Å². The Morgan fingerprint density at radius 3 is 2.50 bits per heavy atom. The van der Waals surface area contributed by atoms with Gasteiger partial charge in [0, 0.05) is 18.3 Å². The SMILES string of the molecule is CCSCC(C)N1CCC2(CCNCC2)C1.Cl.Cl. The average molecular weight is 315 g/mol. The molecule has 0 amide bonds. The van der Waals surface area contributed by atoms with Gasteiger partial charge in [0.2, 0.25) is 0 Å². The van der Waals surface area contributed by atoms with Crippen molar-refractivity contribution in [3.63, 3.8) is 0 Å². The van der Waals surface area contributed by atoms with Gasteiger partial charge in [0.15, 0.2) is 0 Å². The molecule has 2 aliphatic rings. The predicted octanol–water partition coefficient (Wildman–Crippen LogP) is 3.05. The summed E-state index contributed by atoms with van der Waals surface area (Å²) in [5.74, 6) is 2.57. The quantitative estimate of drug-likeness (QED) is 0.858. The molecule has 2 saturated heterocycles. The average Bonchev–Trinajstić information content (AvgIpc) is 2.71. The molecule has 2 heterocycles. The molecule has 0 aliphatic carbocycles. The highest BCUT2D eigenvalue weighted by Gasteiger charge is 2.39. The fourth-order valence-corrected chi connectivity index (χ4v) is 3.89. The van der Waals surface area contributed by atoms with Gasteiger partial charge in [-0.3, -0.25) is 4.90 Å². The molecule has 0 aromatic rings. The second-order valence-electron chi connectivity index (χ2n) is 5.48. The van der Waals surface area contributed by atoms with Crippen molar-refractivity contribution in [1.82, 2.24) is 10.2 Å². The fraction of sp³-hybridized carbons (Fsp3) is 1.00. The van der Waals surface area contributed by atoms with E-state index in [0.29, 0.717) is 5.41 Å². The lowest BCUT2D eigenvalue weighted by atomic mass is 9.78. The molecule has 1 atom stereocenters. The van der Waals surface area contributed by atoms with Crippen LogP contribution in [0.4, 0.5) is 0 Å². The van der Waals surface area contributed by atoms with Gasteiger partial charge in [-0.1, -0.05) is 6.92 Å². The van der Waals surface area contributed by atoms with E-state index in [1.54, 1.807) is 0 Å². The molecule has 0 aromatic carbocycles. The number of nitrogens with zero attached hydrogens (tertiary/aromatic N) is 1. The topological polar surface area (TPSA) is 15.3 Å². The van der Waals surface area contributed by atoms with Crippen LogP contribution in [0.15, 0.2) is 0 Å². The summed E-state index contributed by atoms with van der Waals surface area (Å²) in [5, 5.41) is 3.49. The number of thioether (sulfide) groups is 1. The first-order chi connectivity index (χ1) is 7.76. The molecule has 5 heteroatoms. The Labute approximate surface area is 129 Å². The summed E-state index contributed by atoms with van der Waals surface area (Å²) in [5.41, 5.74) is 0.677. The van der Waals surface area contributed by atoms with Crippen LogP contribution in [0.1, 0.15) is 33.1 Å². The van der Waals surface area contributed by atoms with Crippen LogP contribution in [0, 0.1) is 5.41 Å². The Morgan fingerprint density at radius 1 is 1.22 bits per heavy atom. The number of nitrogens with one attached hydrogen (secondary N) is 1. The lowest BCUT2D eigenvalue weighted by molar-refractivity contribution is 0.181. The van der Waals surface area contributed by atoms with Crippen LogP contribution in [-0.4, -0.2) is 48.6 Å². The largest absolute Gasteiger partial charge is 0.317 e. The van der Waals surface area contributed by atoms with Gasteiger partial charge in [0.05, 0.1) is 0 Å². The van der Waals surface area contributed by atoms with Crippen molar-refractivity contribution in [2.45, 2.75) is 39.2 Å². The standard InChI is InChI=1S/C13H26N2S.2ClH/c1-3-16-10-12(2)15-9-6-13(11-15)4-7-14-8-5-13;;/h12,14H,3-11H2,1-2H3;2*1H. The molecule has 2 fully saturated rings. The summed E-state index contributed by atoms with van der Waals surface area (Å²) >= 11 is 2.08. The summed E-state index contributed by atoms with van der Waals surface area (Å²) in [6, 6.07) is 0.777. The van der Waals surface area contributed by atoms with Crippen molar-refractivity contribution in [1.29, 1.82) is 0 Å². The van der Waals surface area contributed by atoms with Gasteiger partial charge in [0.25, 0.3) is 0 Å². The predicted molar refractivity (Wildman–Crippen MR) is 87.7 cm³/mol. The van der Waals surface area contributed by atoms with E-state index in [9.17, 15) is 0 Å². The highest BCUT2D eigenvalue weighted by Crippen LogP contribution is 2.39. The zero-order valence-corrected chi connectivity index (χ0v) is 14.1. The van der Waals surface area contributed by atoms with E-state index >= 15 is 0 Å². The second-order valence-corrected chi connectivity index (χ2v) is 6.80. The van der Waals surface area contributed by atoms with Crippen LogP contribution < -0.4 is 5.32 Å². The first-order valence-electron chi connectivity index (χ1n) is 6.78. The summed E-state index contributed by atoms with van der Waals surface area (Å²) in [7, 11) is 0. The third-order valence-corrected chi connectivity index (χ3v) is 5.44. The normalized spacial score (nSPS) is 24.3. The minimum absolute atomic E-state index is 0. The minimum atomic E-state index is 0. The molecule has 18 heavy (non-hydrogen) atoms. The number of rotatable bonds is 4. The van der Waals surface area contributed by atoms with Crippen LogP contribution in [0.2, 0.25) is 0 Å². The zero-order valence-electron chi connectivity index (χ0n) is 11.6. The number of halogens is 2. The lowest BCUT2D eigenvalue weighted by Crippen LogP contribution is -2.40. The minimum Gasteiger partial charge on any atom is -0.317 e. The van der Waals surface area contributed by atoms with E-state index in [1.165, 1.54) is 56.9 Å². The van der Waals surface area contributed by atoms with Gasteiger partial charge in [-0.2, -0.15) is 11.8 Å². The molecule has 2 nitrogen and oxygen atoms in total. The Morgan fingerprint density at radius 2 is 1.89 bits per heavy atom. The number of likely N-dealkylation sites (tertiary alicyclic amines) is 1. The van der Waals surface area contributed by atoms with E-state index in [-0.39, 0.29) is 24.8 Å². The van der Waals surface area contributed by atoms with Gasteiger partial charge in [-0.25, -0.2) is 0 Å². The maximum atomic E-state index is 3.49. The second kappa shape index (κ2) is 8.91. The third kappa shape index (κ3) is 4.75. The molecule has 110 valence electrons. The number of piperidine rings is 1. The molecule has 0 radical (unpaired) electrons. The molecule has 1 spiro atoms. The highest BCUT2D eigenvalue weighted by molar-refractivity contribution is 7.99. The van der Waals surface area contributed by atoms with Gasteiger partial charge >= 0.3 is 0 Å². The molecule has 0 aromatic heterocycles. The van der Waals surface area contributed by atoms with Crippen LogP contribution in [0.5, 0.6) is 0 Å². The number of hydrogen-bond acceptors (Lipinski definition) is 3. The maximum Gasteiger partial charge on any atom is 0.0158 e. The first-order valence-corrected chi connectivity index (χ1v) is 7.94. The molecular weight excluding hydrogens is 287 g/mol. The molecule has 1 N–H and O–H groups in total. The molecule has 2 rings (SSSR count). The zero-order chi connectivity index (χ0) is 11.4. The van der Waals surface area contributed by atoms with Gasteiger partial charge in [-0.15, -0.1) is 24.8 Å². The van der Waals surface area contributed by atoms with E-state index in [4.69, 9.17) is 0 Å². The van der Waals surface area contributed by atoms with Crippen molar-refractivity contribution in [2.75, 3.05) is 37.7 Å². The third-order valence-electron chi connectivity index (χ3n) is 4.32. The van der Waals surface area contributed by atoms with Crippen molar-refractivity contribution < 1.29 is 0 Å². The van der Waals surface area contributed by atoms with E-state index in [0.717, 1.165) is 6.04 Å². The molecular formula is C13H28Cl2N2S. The maximum absolute atomic E-state index is 3.49. The molecule has 2 aliphatic heterocycles. The molecule has 1 unspecified atom stereocenters. The summed E-state index contributed by atoms with van der Waals surface area (Å²) < 4.78 is 0. The molecule has 0 bridgehead atoms. The lowest BCUT2D eigenvalue weighted by Gasteiger charge is -2.35. The highest BCUT2D eigenvalue weighted by atomic mass is 35.5. The summed E-state index contributed by atoms with van der Waals surface area (Å²) in [6.45, 7) is 9.85. The van der Waals surface area contributed by atoms with E-state index in [2.05, 4.69) is 35.8 Å². The summed E-state index contributed by atoms with van der Waals surface area (Å²) in [6.07, 6.45) is 4.24. The van der Waals surface area contributed by atoms with Crippen molar-refractivity contribution in [3.05, 3.63) is 0 Å². The van der Waals surface area contributed by atoms with E-state index < -0.39 is 0 Å². The van der Waals surface area contributed by atoms with Crippen LogP contribution in [0.25, 0.3) is 0 Å². The van der Waals surface area contributed by atoms with Crippen molar-refractivity contribution in [2.24, 2.45) is 5.41 Å². The van der Waals surface area contributed by atoms with Crippen molar-refractivity contribution >= 4 is 36.6 Å². The summed E-state index contributed by atoms with van der Waals surface area (Å²) in [4.78, 5) is 2.73. The van der Waals surface area contributed by atoms with Crippen LogP contribution >= 0.6 is 36.6 Å². The molecule has 0 saturated carbocycles. The van der Waals surface area contributed by atoms with Crippen LogP contribution in [0.3, 0.4) is 0 Å².